The molecule has 1 aromatic carbocycles. The van der Waals surface area contributed by atoms with Gasteiger partial charge in [0.2, 0.25) is 5.91 Å². The van der Waals surface area contributed by atoms with E-state index in [4.69, 9.17) is 5.73 Å². The zero-order valence-electron chi connectivity index (χ0n) is 11.9. The highest BCUT2D eigenvalue weighted by molar-refractivity contribution is 5.85. The molecule has 1 heterocycles. The molecule has 21 heavy (non-hydrogen) atoms. The molecule has 0 saturated carbocycles. The molecule has 0 radical (unpaired) electrons. The van der Waals surface area contributed by atoms with Crippen LogP contribution < -0.4 is 10.6 Å². The number of benzene rings is 1. The van der Waals surface area contributed by atoms with Crippen LogP contribution >= 0.6 is 0 Å². The van der Waals surface area contributed by atoms with Crippen LogP contribution in [0.15, 0.2) is 18.2 Å². The third-order valence-electron chi connectivity index (χ3n) is 3.82. The maximum atomic E-state index is 11.6. The van der Waals surface area contributed by atoms with Crippen LogP contribution in [-0.4, -0.2) is 28.5 Å². The van der Waals surface area contributed by atoms with E-state index >= 15 is 0 Å². The molecule has 1 amide bonds. The molecule has 1 fully saturated rings. The van der Waals surface area contributed by atoms with Gasteiger partial charge in [0.1, 0.15) is 11.7 Å². The lowest BCUT2D eigenvalue weighted by atomic mass is 9.99. The van der Waals surface area contributed by atoms with Crippen molar-refractivity contribution in [3.63, 3.8) is 0 Å². The molecule has 114 valence electrons. The van der Waals surface area contributed by atoms with Crippen molar-refractivity contribution in [2.75, 3.05) is 11.4 Å². The molecule has 7 heteroatoms. The SMILES string of the molecule is C[C@H](O)c1ccc(N2CCCCC2C(N)=O)c([N+](=O)[O-])c1. The fourth-order valence-corrected chi connectivity index (χ4v) is 2.71. The number of piperidine rings is 1. The minimum atomic E-state index is -0.786. The average Bonchev–Trinajstić information content (AvgIpc) is 2.46. The highest BCUT2D eigenvalue weighted by Gasteiger charge is 2.31. The van der Waals surface area contributed by atoms with Gasteiger partial charge in [-0.1, -0.05) is 6.07 Å². The highest BCUT2D eigenvalue weighted by atomic mass is 16.6. The number of aliphatic hydroxyl groups excluding tert-OH is 1. The molecule has 1 unspecified atom stereocenters. The Morgan fingerprint density at radius 3 is 2.81 bits per heavy atom. The fourth-order valence-electron chi connectivity index (χ4n) is 2.71. The van der Waals surface area contributed by atoms with Gasteiger partial charge in [0.25, 0.3) is 5.69 Å². The third kappa shape index (κ3) is 3.13. The molecule has 2 rings (SSSR count). The van der Waals surface area contributed by atoms with Gasteiger partial charge in [-0.15, -0.1) is 0 Å². The van der Waals surface area contributed by atoms with Crippen LogP contribution in [0, 0.1) is 10.1 Å². The molecular formula is C14H19N3O4. The number of nitrogens with two attached hydrogens (primary N) is 1. The number of carbonyl (C=O) groups excluding carboxylic acids is 1. The van der Waals surface area contributed by atoms with Crippen LogP contribution in [0.3, 0.4) is 0 Å². The summed E-state index contributed by atoms with van der Waals surface area (Å²) < 4.78 is 0. The predicted octanol–water partition coefficient (Wildman–Crippen LogP) is 1.49. The van der Waals surface area contributed by atoms with E-state index in [9.17, 15) is 20.0 Å². The molecule has 1 aliphatic heterocycles. The smallest absolute Gasteiger partial charge is 0.292 e. The molecule has 1 aromatic rings. The van der Waals surface area contributed by atoms with E-state index in [1.165, 1.54) is 6.07 Å². The van der Waals surface area contributed by atoms with Crippen molar-refractivity contribution in [1.82, 2.24) is 0 Å². The number of carbonyl (C=O) groups is 1. The third-order valence-corrected chi connectivity index (χ3v) is 3.82. The monoisotopic (exact) mass is 293 g/mol. The Morgan fingerprint density at radius 2 is 2.24 bits per heavy atom. The fraction of sp³-hybridized carbons (Fsp3) is 0.500. The van der Waals surface area contributed by atoms with Crippen LogP contribution in [0.4, 0.5) is 11.4 Å². The average molecular weight is 293 g/mol. The summed E-state index contributed by atoms with van der Waals surface area (Å²) in [7, 11) is 0. The number of nitro benzene ring substituents is 1. The highest BCUT2D eigenvalue weighted by Crippen LogP contribution is 2.34. The standard InChI is InChI=1S/C14H19N3O4/c1-9(18)10-5-6-11(13(8-10)17(20)21)16-7-3-2-4-12(16)14(15)19/h5-6,8-9,12,18H,2-4,7H2,1H3,(H2,15,19)/t9-,12?/m0/s1. The Labute approximate surface area is 122 Å². The van der Waals surface area contributed by atoms with E-state index in [2.05, 4.69) is 0 Å². The minimum absolute atomic E-state index is 0.110. The molecule has 1 saturated heterocycles. The summed E-state index contributed by atoms with van der Waals surface area (Å²) in [6.07, 6.45) is 1.55. The zero-order chi connectivity index (χ0) is 15.6. The number of nitrogens with zero attached hydrogens (tertiary/aromatic N) is 2. The number of rotatable bonds is 4. The van der Waals surface area contributed by atoms with Crippen LogP contribution in [0.2, 0.25) is 0 Å². The molecule has 1 aliphatic rings. The molecule has 0 spiro atoms. The number of aliphatic hydroxyl groups is 1. The van der Waals surface area contributed by atoms with Crippen molar-refractivity contribution in [3.05, 3.63) is 33.9 Å². The van der Waals surface area contributed by atoms with Gasteiger partial charge < -0.3 is 15.7 Å². The second-order valence-corrected chi connectivity index (χ2v) is 5.29. The van der Waals surface area contributed by atoms with E-state index in [1.807, 2.05) is 0 Å². The quantitative estimate of drug-likeness (QED) is 0.645. The lowest BCUT2D eigenvalue weighted by Gasteiger charge is -2.35. The van der Waals surface area contributed by atoms with Crippen LogP contribution in [-0.2, 0) is 4.79 Å². The van der Waals surface area contributed by atoms with E-state index in [0.29, 0.717) is 24.2 Å². The lowest BCUT2D eigenvalue weighted by Crippen LogP contribution is -2.48. The van der Waals surface area contributed by atoms with Crippen LogP contribution in [0.25, 0.3) is 0 Å². The summed E-state index contributed by atoms with van der Waals surface area (Å²) in [6, 6.07) is 4.06. The van der Waals surface area contributed by atoms with Gasteiger partial charge in [0, 0.05) is 12.6 Å². The maximum absolute atomic E-state index is 11.6. The number of nitro groups is 1. The minimum Gasteiger partial charge on any atom is -0.389 e. The van der Waals surface area contributed by atoms with Gasteiger partial charge in [-0.05, 0) is 37.8 Å². The Balaban J connectivity index is 2.46. The Bertz CT molecular complexity index is 559. The van der Waals surface area contributed by atoms with Gasteiger partial charge >= 0.3 is 0 Å². The number of anilines is 1. The second-order valence-electron chi connectivity index (χ2n) is 5.29. The largest absolute Gasteiger partial charge is 0.389 e. The first-order valence-electron chi connectivity index (χ1n) is 6.94. The first kappa shape index (κ1) is 15.2. The summed E-state index contributed by atoms with van der Waals surface area (Å²) in [4.78, 5) is 24.1. The number of primary amides is 1. The Morgan fingerprint density at radius 1 is 1.52 bits per heavy atom. The first-order chi connectivity index (χ1) is 9.91. The Kier molecular flexibility index (Phi) is 4.42. The molecular weight excluding hydrogens is 274 g/mol. The number of hydrogen-bond donors (Lipinski definition) is 2. The topological polar surface area (TPSA) is 110 Å². The number of hydrogen-bond acceptors (Lipinski definition) is 5. The summed E-state index contributed by atoms with van der Waals surface area (Å²) in [5, 5.41) is 20.9. The first-order valence-corrected chi connectivity index (χ1v) is 6.94. The molecule has 7 nitrogen and oxygen atoms in total. The van der Waals surface area contributed by atoms with Gasteiger partial charge in [-0.3, -0.25) is 14.9 Å². The Hall–Kier alpha value is -2.15. The van der Waals surface area contributed by atoms with Crippen molar-refractivity contribution in [2.45, 2.75) is 38.3 Å². The van der Waals surface area contributed by atoms with E-state index in [1.54, 1.807) is 24.0 Å². The van der Waals surface area contributed by atoms with Gasteiger partial charge in [-0.25, -0.2) is 0 Å². The normalized spacial score (nSPS) is 20.1. The molecule has 2 atom stereocenters. The van der Waals surface area contributed by atoms with Crippen molar-refractivity contribution in [2.24, 2.45) is 5.73 Å². The van der Waals surface area contributed by atoms with Gasteiger partial charge in [0.15, 0.2) is 0 Å². The van der Waals surface area contributed by atoms with Crippen molar-refractivity contribution in [3.8, 4) is 0 Å². The summed E-state index contributed by atoms with van der Waals surface area (Å²) in [6.45, 7) is 2.11. The van der Waals surface area contributed by atoms with Crippen LogP contribution in [0.5, 0.6) is 0 Å². The summed E-state index contributed by atoms with van der Waals surface area (Å²) >= 11 is 0. The van der Waals surface area contributed by atoms with Crippen molar-refractivity contribution in [1.29, 1.82) is 0 Å². The van der Waals surface area contributed by atoms with Crippen molar-refractivity contribution >= 4 is 17.3 Å². The van der Waals surface area contributed by atoms with E-state index in [0.717, 1.165) is 12.8 Å². The molecule has 3 N–H and O–H groups in total. The van der Waals surface area contributed by atoms with Gasteiger partial charge in [0.05, 0.1) is 11.0 Å². The number of amides is 1. The van der Waals surface area contributed by atoms with E-state index in [-0.39, 0.29) is 5.69 Å². The van der Waals surface area contributed by atoms with Crippen LogP contribution in [0.1, 0.15) is 37.9 Å². The molecule has 0 aromatic heterocycles. The van der Waals surface area contributed by atoms with E-state index < -0.39 is 23.0 Å². The predicted molar refractivity (Wildman–Crippen MR) is 77.9 cm³/mol. The lowest BCUT2D eigenvalue weighted by molar-refractivity contribution is -0.384. The maximum Gasteiger partial charge on any atom is 0.292 e. The second kappa shape index (κ2) is 6.09. The molecule has 0 bridgehead atoms. The summed E-state index contributed by atoms with van der Waals surface area (Å²) in [5.41, 5.74) is 6.15. The van der Waals surface area contributed by atoms with Crippen molar-refractivity contribution < 1.29 is 14.8 Å². The van der Waals surface area contributed by atoms with Gasteiger partial charge in [-0.2, -0.15) is 0 Å². The molecule has 0 aliphatic carbocycles. The summed E-state index contributed by atoms with van der Waals surface area (Å²) in [5.74, 6) is -0.469. The zero-order valence-corrected chi connectivity index (χ0v) is 11.9.